The van der Waals surface area contributed by atoms with E-state index >= 15 is 0 Å². The molecule has 0 spiro atoms. The van der Waals surface area contributed by atoms with Gasteiger partial charge in [0.1, 0.15) is 28.8 Å². The maximum absolute atomic E-state index is 13.7. The Bertz CT molecular complexity index is 816. The second-order valence-electron chi connectivity index (χ2n) is 6.97. The number of hydrogen-bond donors (Lipinski definition) is 1. The number of nitrogens with zero attached hydrogens (tertiary/aromatic N) is 2. The van der Waals surface area contributed by atoms with Crippen molar-refractivity contribution in [2.24, 2.45) is 5.92 Å². The lowest BCUT2D eigenvalue weighted by molar-refractivity contribution is 0.0607. The number of aromatic nitrogens is 1. The van der Waals surface area contributed by atoms with Crippen LogP contribution in [-0.2, 0) is 11.3 Å². The number of anilines is 1. The van der Waals surface area contributed by atoms with E-state index in [-0.39, 0.29) is 12.4 Å². The number of carbonyl (C=O) groups is 1. The molecule has 8 heteroatoms. The first-order valence-electron chi connectivity index (χ1n) is 9.10. The highest BCUT2D eigenvalue weighted by Crippen LogP contribution is 2.18. The average molecular weight is 393 g/mol. The van der Waals surface area contributed by atoms with Crippen LogP contribution in [0.2, 0.25) is 0 Å². The van der Waals surface area contributed by atoms with E-state index in [2.05, 4.69) is 22.2 Å². The van der Waals surface area contributed by atoms with Crippen LogP contribution in [-0.4, -0.2) is 42.5 Å². The van der Waals surface area contributed by atoms with Gasteiger partial charge in [-0.15, -0.1) is 0 Å². The van der Waals surface area contributed by atoms with E-state index in [0.717, 1.165) is 25.9 Å². The molecule has 2 aromatic rings. The number of benzene rings is 1. The third-order valence-electron chi connectivity index (χ3n) is 4.72. The smallest absolute Gasteiger partial charge is 0.262 e. The van der Waals surface area contributed by atoms with Crippen molar-refractivity contribution >= 4 is 11.7 Å². The molecule has 0 radical (unpaired) electrons. The topological polar surface area (TPSA) is 54.5 Å². The van der Waals surface area contributed by atoms with E-state index in [1.807, 2.05) is 0 Å². The van der Waals surface area contributed by atoms with E-state index in [4.69, 9.17) is 4.74 Å². The fraction of sp³-hybridized carbons (Fsp3) is 0.400. The van der Waals surface area contributed by atoms with Crippen LogP contribution in [0, 0.1) is 23.4 Å². The average Bonchev–Trinajstić information content (AvgIpc) is 2.63. The summed E-state index contributed by atoms with van der Waals surface area (Å²) in [7, 11) is 2.10. The fourth-order valence-electron chi connectivity index (χ4n) is 3.13. The van der Waals surface area contributed by atoms with Gasteiger partial charge < -0.3 is 15.0 Å². The van der Waals surface area contributed by atoms with Crippen LogP contribution in [0.3, 0.4) is 0 Å². The van der Waals surface area contributed by atoms with Gasteiger partial charge in [-0.2, -0.15) is 0 Å². The minimum atomic E-state index is -1.27. The van der Waals surface area contributed by atoms with Crippen LogP contribution in [0.5, 0.6) is 0 Å². The molecule has 1 saturated heterocycles. The number of amides is 1. The zero-order valence-electron chi connectivity index (χ0n) is 15.6. The van der Waals surface area contributed by atoms with Crippen molar-refractivity contribution in [2.45, 2.75) is 19.4 Å². The molecule has 0 atom stereocenters. The van der Waals surface area contributed by atoms with Gasteiger partial charge in [-0.05, 0) is 51.0 Å². The molecular weight excluding hydrogens is 371 g/mol. The maximum Gasteiger partial charge on any atom is 0.262 e. The molecule has 1 aliphatic heterocycles. The van der Waals surface area contributed by atoms with Crippen molar-refractivity contribution in [1.82, 2.24) is 9.88 Å². The van der Waals surface area contributed by atoms with Crippen molar-refractivity contribution < 1.29 is 22.7 Å². The third kappa shape index (κ3) is 5.30. The van der Waals surface area contributed by atoms with Crippen molar-refractivity contribution in [3.8, 4) is 0 Å². The molecule has 1 aliphatic rings. The Balaban J connectivity index is 1.57. The number of ether oxygens (including phenoxy) is 1. The summed E-state index contributed by atoms with van der Waals surface area (Å²) < 4.78 is 46.2. The van der Waals surface area contributed by atoms with Gasteiger partial charge in [0, 0.05) is 12.1 Å². The highest BCUT2D eigenvalue weighted by molar-refractivity contribution is 6.04. The molecule has 1 N–H and O–H groups in total. The van der Waals surface area contributed by atoms with Crippen LogP contribution in [0.15, 0.2) is 30.3 Å². The highest BCUT2D eigenvalue weighted by atomic mass is 19.1. The Morgan fingerprint density at radius 1 is 1.21 bits per heavy atom. The maximum atomic E-state index is 13.7. The van der Waals surface area contributed by atoms with Gasteiger partial charge in [0.2, 0.25) is 0 Å². The van der Waals surface area contributed by atoms with E-state index in [1.165, 1.54) is 6.07 Å². The van der Waals surface area contributed by atoms with Crippen molar-refractivity contribution in [2.75, 3.05) is 32.1 Å². The normalized spacial score (nSPS) is 15.6. The number of hydrogen-bond acceptors (Lipinski definition) is 4. The SMILES string of the molecule is CN1CCC(COCc2cccc(NC(=O)c3c(F)cc(F)cc3F)n2)CC1. The van der Waals surface area contributed by atoms with Crippen LogP contribution < -0.4 is 5.32 Å². The molecule has 1 aromatic carbocycles. The minimum absolute atomic E-state index is 0.133. The lowest BCUT2D eigenvalue weighted by Gasteiger charge is -2.28. The zero-order valence-corrected chi connectivity index (χ0v) is 15.6. The predicted octanol–water partition coefficient (Wildman–Crippen LogP) is 3.61. The fourth-order valence-corrected chi connectivity index (χ4v) is 3.13. The molecule has 150 valence electrons. The van der Waals surface area contributed by atoms with Gasteiger partial charge in [-0.3, -0.25) is 4.79 Å². The summed E-state index contributed by atoms with van der Waals surface area (Å²) in [4.78, 5) is 18.7. The molecule has 0 saturated carbocycles. The Morgan fingerprint density at radius 2 is 1.89 bits per heavy atom. The van der Waals surface area contributed by atoms with E-state index in [9.17, 15) is 18.0 Å². The zero-order chi connectivity index (χ0) is 20.1. The van der Waals surface area contributed by atoms with E-state index < -0.39 is 28.9 Å². The summed E-state index contributed by atoms with van der Waals surface area (Å²) in [5.74, 6) is -4.02. The molecule has 1 fully saturated rings. The molecule has 3 rings (SSSR count). The Hall–Kier alpha value is -2.45. The molecule has 0 bridgehead atoms. The van der Waals surface area contributed by atoms with Crippen molar-refractivity contribution in [3.63, 3.8) is 0 Å². The second-order valence-corrected chi connectivity index (χ2v) is 6.97. The first-order valence-corrected chi connectivity index (χ1v) is 9.10. The van der Waals surface area contributed by atoms with E-state index in [0.29, 0.717) is 30.4 Å². The first-order chi connectivity index (χ1) is 13.4. The second kappa shape index (κ2) is 9.16. The molecule has 1 amide bonds. The van der Waals surface area contributed by atoms with Gasteiger partial charge in [-0.1, -0.05) is 6.07 Å². The largest absolute Gasteiger partial charge is 0.375 e. The van der Waals surface area contributed by atoms with E-state index in [1.54, 1.807) is 12.1 Å². The summed E-state index contributed by atoms with van der Waals surface area (Å²) in [5, 5.41) is 2.33. The number of piperidine rings is 1. The van der Waals surface area contributed by atoms with Gasteiger partial charge in [0.15, 0.2) is 0 Å². The summed E-state index contributed by atoms with van der Waals surface area (Å²) in [5.41, 5.74) is -0.266. The quantitative estimate of drug-likeness (QED) is 0.815. The Labute approximate surface area is 161 Å². The number of pyridine rings is 1. The first kappa shape index (κ1) is 20.3. The number of likely N-dealkylation sites (tertiary alicyclic amines) is 1. The monoisotopic (exact) mass is 393 g/mol. The molecule has 28 heavy (non-hydrogen) atoms. The number of halogens is 3. The lowest BCUT2D eigenvalue weighted by Crippen LogP contribution is -2.31. The highest BCUT2D eigenvalue weighted by Gasteiger charge is 2.20. The van der Waals surface area contributed by atoms with Crippen molar-refractivity contribution in [1.29, 1.82) is 0 Å². The van der Waals surface area contributed by atoms with Gasteiger partial charge in [-0.25, -0.2) is 18.2 Å². The molecule has 2 heterocycles. The van der Waals surface area contributed by atoms with Crippen LogP contribution in [0.1, 0.15) is 28.9 Å². The number of carbonyl (C=O) groups excluding carboxylic acids is 1. The van der Waals surface area contributed by atoms with Crippen LogP contribution in [0.25, 0.3) is 0 Å². The van der Waals surface area contributed by atoms with Crippen LogP contribution in [0.4, 0.5) is 19.0 Å². The molecule has 5 nitrogen and oxygen atoms in total. The van der Waals surface area contributed by atoms with Gasteiger partial charge in [0.25, 0.3) is 5.91 Å². The predicted molar refractivity (Wildman–Crippen MR) is 98.4 cm³/mol. The number of nitrogens with one attached hydrogen (secondary N) is 1. The molecule has 0 unspecified atom stereocenters. The van der Waals surface area contributed by atoms with Crippen LogP contribution >= 0.6 is 0 Å². The standard InChI is InChI=1S/C20H22F3N3O2/c1-26-7-5-13(6-8-26)11-28-12-15-3-2-4-18(24-15)25-20(27)19-16(22)9-14(21)10-17(19)23/h2-4,9-10,13H,5-8,11-12H2,1H3,(H,24,25,27). The Morgan fingerprint density at radius 3 is 2.57 bits per heavy atom. The molecular formula is C20H22F3N3O2. The number of rotatable bonds is 6. The Kier molecular flexibility index (Phi) is 6.64. The summed E-state index contributed by atoms with van der Waals surface area (Å²) in [6.45, 7) is 3.03. The summed E-state index contributed by atoms with van der Waals surface area (Å²) in [6, 6.07) is 5.81. The van der Waals surface area contributed by atoms with Crippen molar-refractivity contribution in [3.05, 3.63) is 59.0 Å². The summed E-state index contributed by atoms with van der Waals surface area (Å²) >= 11 is 0. The lowest BCUT2D eigenvalue weighted by atomic mass is 9.98. The minimum Gasteiger partial charge on any atom is -0.375 e. The molecule has 1 aromatic heterocycles. The van der Waals surface area contributed by atoms with Gasteiger partial charge >= 0.3 is 0 Å². The van der Waals surface area contributed by atoms with Gasteiger partial charge in [0.05, 0.1) is 18.9 Å². The molecule has 0 aliphatic carbocycles. The third-order valence-corrected chi connectivity index (χ3v) is 4.72. The summed E-state index contributed by atoms with van der Waals surface area (Å²) in [6.07, 6.45) is 2.18.